The quantitative estimate of drug-likeness (QED) is 0.742. The summed E-state index contributed by atoms with van der Waals surface area (Å²) in [5, 5.41) is 0. The molecule has 0 saturated carbocycles. The zero-order chi connectivity index (χ0) is 11.3. The van der Waals surface area contributed by atoms with Crippen molar-refractivity contribution < 1.29 is 4.74 Å². The number of nitrogens with two attached hydrogens (primary N) is 1. The van der Waals surface area contributed by atoms with Gasteiger partial charge in [-0.05, 0) is 26.3 Å². The SMILES string of the molecule is CCOCCCn1c(C)c(N)ccc1=O. The predicted molar refractivity (Wildman–Crippen MR) is 61.0 cm³/mol. The first-order valence-electron chi connectivity index (χ1n) is 5.20. The van der Waals surface area contributed by atoms with Crippen LogP contribution in [0, 0.1) is 6.92 Å². The number of aromatic nitrogens is 1. The Morgan fingerprint density at radius 1 is 1.47 bits per heavy atom. The maximum atomic E-state index is 11.5. The Kier molecular flexibility index (Phi) is 4.37. The lowest BCUT2D eigenvalue weighted by Crippen LogP contribution is -2.23. The van der Waals surface area contributed by atoms with Crippen LogP contribution in [-0.4, -0.2) is 17.8 Å². The van der Waals surface area contributed by atoms with Gasteiger partial charge in [-0.1, -0.05) is 0 Å². The lowest BCUT2D eigenvalue weighted by Gasteiger charge is -2.11. The molecule has 4 nitrogen and oxygen atoms in total. The van der Waals surface area contributed by atoms with Crippen LogP contribution in [0.15, 0.2) is 16.9 Å². The molecule has 0 amide bonds. The van der Waals surface area contributed by atoms with E-state index in [0.29, 0.717) is 25.4 Å². The van der Waals surface area contributed by atoms with Gasteiger partial charge in [0.2, 0.25) is 0 Å². The molecule has 0 spiro atoms. The van der Waals surface area contributed by atoms with E-state index in [0.717, 1.165) is 12.1 Å². The second-order valence-electron chi connectivity index (χ2n) is 3.41. The summed E-state index contributed by atoms with van der Waals surface area (Å²) < 4.78 is 6.91. The fourth-order valence-corrected chi connectivity index (χ4v) is 1.44. The summed E-state index contributed by atoms with van der Waals surface area (Å²) in [5.74, 6) is 0. The minimum Gasteiger partial charge on any atom is -0.397 e. The molecule has 0 fully saturated rings. The van der Waals surface area contributed by atoms with Crippen LogP contribution in [0.1, 0.15) is 19.0 Å². The van der Waals surface area contributed by atoms with Crippen molar-refractivity contribution in [3.63, 3.8) is 0 Å². The van der Waals surface area contributed by atoms with Crippen LogP contribution in [0.3, 0.4) is 0 Å². The summed E-state index contributed by atoms with van der Waals surface area (Å²) in [4.78, 5) is 11.5. The lowest BCUT2D eigenvalue weighted by atomic mass is 10.3. The van der Waals surface area contributed by atoms with Crippen LogP contribution in [-0.2, 0) is 11.3 Å². The minimum absolute atomic E-state index is 0.00167. The molecule has 0 aromatic carbocycles. The van der Waals surface area contributed by atoms with Gasteiger partial charge in [0.05, 0.1) is 5.69 Å². The largest absolute Gasteiger partial charge is 0.397 e. The number of hydrogen-bond acceptors (Lipinski definition) is 3. The minimum atomic E-state index is -0.00167. The summed E-state index contributed by atoms with van der Waals surface area (Å²) in [6, 6.07) is 3.15. The first-order valence-corrected chi connectivity index (χ1v) is 5.20. The molecular weight excluding hydrogens is 192 g/mol. The molecule has 0 saturated heterocycles. The van der Waals surface area contributed by atoms with Crippen LogP contribution in [0.4, 0.5) is 5.69 Å². The van der Waals surface area contributed by atoms with Crippen molar-refractivity contribution in [3.05, 3.63) is 28.2 Å². The van der Waals surface area contributed by atoms with E-state index in [-0.39, 0.29) is 5.56 Å². The molecule has 84 valence electrons. The molecule has 0 radical (unpaired) electrons. The van der Waals surface area contributed by atoms with Gasteiger partial charge in [0.25, 0.3) is 5.56 Å². The lowest BCUT2D eigenvalue weighted by molar-refractivity contribution is 0.141. The molecule has 0 aliphatic rings. The normalized spacial score (nSPS) is 10.5. The summed E-state index contributed by atoms with van der Waals surface area (Å²) in [5.41, 5.74) is 7.22. The van der Waals surface area contributed by atoms with Crippen LogP contribution in [0.25, 0.3) is 0 Å². The molecule has 0 atom stereocenters. The maximum Gasteiger partial charge on any atom is 0.250 e. The molecule has 1 aromatic heterocycles. The van der Waals surface area contributed by atoms with E-state index >= 15 is 0 Å². The highest BCUT2D eigenvalue weighted by Gasteiger charge is 2.02. The van der Waals surface area contributed by atoms with E-state index in [1.54, 1.807) is 10.6 Å². The van der Waals surface area contributed by atoms with Crippen LogP contribution in [0.5, 0.6) is 0 Å². The molecular formula is C11H18N2O2. The van der Waals surface area contributed by atoms with E-state index in [4.69, 9.17) is 10.5 Å². The number of pyridine rings is 1. The van der Waals surface area contributed by atoms with Gasteiger partial charge in [0.15, 0.2) is 0 Å². The van der Waals surface area contributed by atoms with Gasteiger partial charge in [-0.3, -0.25) is 4.79 Å². The molecule has 0 bridgehead atoms. The van der Waals surface area contributed by atoms with Crippen LogP contribution >= 0.6 is 0 Å². The maximum absolute atomic E-state index is 11.5. The number of ether oxygens (including phenoxy) is 1. The number of anilines is 1. The highest BCUT2D eigenvalue weighted by Crippen LogP contribution is 2.06. The first-order chi connectivity index (χ1) is 7.16. The molecule has 2 N–H and O–H groups in total. The molecule has 0 aliphatic heterocycles. The van der Waals surface area contributed by atoms with E-state index < -0.39 is 0 Å². The number of hydrogen-bond donors (Lipinski definition) is 1. The second kappa shape index (κ2) is 5.56. The Morgan fingerprint density at radius 3 is 2.87 bits per heavy atom. The van der Waals surface area contributed by atoms with Crippen molar-refractivity contribution in [2.45, 2.75) is 26.8 Å². The third-order valence-electron chi connectivity index (χ3n) is 2.37. The van der Waals surface area contributed by atoms with Gasteiger partial charge in [-0.2, -0.15) is 0 Å². The number of nitrogen functional groups attached to an aromatic ring is 1. The molecule has 15 heavy (non-hydrogen) atoms. The average molecular weight is 210 g/mol. The summed E-state index contributed by atoms with van der Waals surface area (Å²) in [6.45, 7) is 5.87. The predicted octanol–water partition coefficient (Wildman–Crippen LogP) is 1.17. The molecule has 0 aliphatic carbocycles. The zero-order valence-corrected chi connectivity index (χ0v) is 9.32. The number of nitrogens with zero attached hydrogens (tertiary/aromatic N) is 1. The Balaban J connectivity index is 2.68. The van der Waals surface area contributed by atoms with E-state index in [2.05, 4.69) is 0 Å². The van der Waals surface area contributed by atoms with Crippen LogP contribution in [0.2, 0.25) is 0 Å². The van der Waals surface area contributed by atoms with E-state index in [9.17, 15) is 4.79 Å². The van der Waals surface area contributed by atoms with Crippen molar-refractivity contribution in [1.82, 2.24) is 4.57 Å². The van der Waals surface area contributed by atoms with Gasteiger partial charge in [0, 0.05) is 31.5 Å². The fraction of sp³-hybridized carbons (Fsp3) is 0.545. The Hall–Kier alpha value is -1.29. The molecule has 1 rings (SSSR count). The summed E-state index contributed by atoms with van der Waals surface area (Å²) >= 11 is 0. The van der Waals surface area contributed by atoms with Gasteiger partial charge >= 0.3 is 0 Å². The van der Waals surface area contributed by atoms with Crippen molar-refractivity contribution in [3.8, 4) is 0 Å². The van der Waals surface area contributed by atoms with Crippen molar-refractivity contribution in [2.75, 3.05) is 18.9 Å². The van der Waals surface area contributed by atoms with Crippen molar-refractivity contribution >= 4 is 5.69 Å². The van der Waals surface area contributed by atoms with E-state index in [1.807, 2.05) is 13.8 Å². The Morgan fingerprint density at radius 2 is 2.20 bits per heavy atom. The number of rotatable bonds is 5. The van der Waals surface area contributed by atoms with Gasteiger partial charge in [-0.25, -0.2) is 0 Å². The Bertz CT molecular complexity index is 371. The highest BCUT2D eigenvalue weighted by atomic mass is 16.5. The third kappa shape index (κ3) is 3.09. The zero-order valence-electron chi connectivity index (χ0n) is 9.32. The summed E-state index contributed by atoms with van der Waals surface area (Å²) in [6.07, 6.45) is 0.831. The van der Waals surface area contributed by atoms with Gasteiger partial charge in [-0.15, -0.1) is 0 Å². The second-order valence-corrected chi connectivity index (χ2v) is 3.41. The Labute approximate surface area is 89.7 Å². The average Bonchev–Trinajstić information content (AvgIpc) is 2.23. The van der Waals surface area contributed by atoms with E-state index in [1.165, 1.54) is 6.07 Å². The molecule has 4 heteroatoms. The standard InChI is InChI=1S/C11H18N2O2/c1-3-15-8-4-7-13-9(2)10(12)5-6-11(13)14/h5-6H,3-4,7-8,12H2,1-2H3. The molecule has 1 heterocycles. The third-order valence-corrected chi connectivity index (χ3v) is 2.37. The van der Waals surface area contributed by atoms with Crippen molar-refractivity contribution in [1.29, 1.82) is 0 Å². The highest BCUT2D eigenvalue weighted by molar-refractivity contribution is 5.41. The van der Waals surface area contributed by atoms with Crippen molar-refractivity contribution in [2.24, 2.45) is 0 Å². The molecule has 0 unspecified atom stereocenters. The topological polar surface area (TPSA) is 57.2 Å². The summed E-state index contributed by atoms with van der Waals surface area (Å²) in [7, 11) is 0. The van der Waals surface area contributed by atoms with Gasteiger partial charge < -0.3 is 15.0 Å². The van der Waals surface area contributed by atoms with Crippen LogP contribution < -0.4 is 11.3 Å². The van der Waals surface area contributed by atoms with Gasteiger partial charge in [0.1, 0.15) is 0 Å². The fourth-order valence-electron chi connectivity index (χ4n) is 1.44. The molecule has 1 aromatic rings. The first kappa shape index (κ1) is 11.8. The smallest absolute Gasteiger partial charge is 0.250 e. The monoisotopic (exact) mass is 210 g/mol.